The van der Waals surface area contributed by atoms with Gasteiger partial charge in [-0.2, -0.15) is 0 Å². The molecule has 116 valence electrons. The van der Waals surface area contributed by atoms with Crippen LogP contribution in [0.3, 0.4) is 0 Å². The highest BCUT2D eigenvalue weighted by Crippen LogP contribution is 2.22. The molecule has 0 atom stereocenters. The fourth-order valence-electron chi connectivity index (χ4n) is 2.10. The van der Waals surface area contributed by atoms with Gasteiger partial charge in [0.05, 0.1) is 0 Å². The average Bonchev–Trinajstić information content (AvgIpc) is 2.38. The van der Waals surface area contributed by atoms with Gasteiger partial charge >= 0.3 is 0 Å². The number of rotatable bonds is 11. The van der Waals surface area contributed by atoms with E-state index in [4.69, 9.17) is 0 Å². The topological polar surface area (TPSA) is 0 Å². The highest BCUT2D eigenvalue weighted by molar-refractivity contribution is 4.96. The molecule has 0 heterocycles. The van der Waals surface area contributed by atoms with Crippen LogP contribution in [0.25, 0.3) is 0 Å². The molecule has 0 bridgehead atoms. The number of allylic oxidation sites excluding steroid dienone is 6. The van der Waals surface area contributed by atoms with Crippen LogP contribution >= 0.6 is 0 Å². The predicted octanol–water partition coefficient (Wildman–Crippen LogP) is 7.23. The summed E-state index contributed by atoms with van der Waals surface area (Å²) in [5, 5.41) is 0. The van der Waals surface area contributed by atoms with Crippen molar-refractivity contribution in [3.63, 3.8) is 0 Å². The van der Waals surface area contributed by atoms with E-state index in [9.17, 15) is 0 Å². The van der Waals surface area contributed by atoms with E-state index >= 15 is 0 Å². The Bertz CT molecular complexity index is 273. The van der Waals surface area contributed by atoms with Crippen LogP contribution in [0, 0.1) is 5.41 Å². The molecule has 0 saturated carbocycles. The smallest absolute Gasteiger partial charge is 0.0169 e. The van der Waals surface area contributed by atoms with E-state index in [1.54, 1.807) is 0 Å². The van der Waals surface area contributed by atoms with Crippen molar-refractivity contribution in [3.05, 3.63) is 36.5 Å². The highest BCUT2D eigenvalue weighted by atomic mass is 14.1. The summed E-state index contributed by atoms with van der Waals surface area (Å²) < 4.78 is 0. The molecule has 0 aliphatic heterocycles. The summed E-state index contributed by atoms with van der Waals surface area (Å²) >= 11 is 0. The molecule has 0 aromatic rings. The average molecular weight is 277 g/mol. The molecule has 0 amide bonds. The van der Waals surface area contributed by atoms with Gasteiger partial charge in [-0.25, -0.2) is 0 Å². The van der Waals surface area contributed by atoms with Gasteiger partial charge < -0.3 is 0 Å². The zero-order valence-corrected chi connectivity index (χ0v) is 14.3. The van der Waals surface area contributed by atoms with Gasteiger partial charge in [-0.3, -0.25) is 0 Å². The largest absolute Gasteiger partial charge is 0.0885 e. The molecule has 0 rings (SSSR count). The van der Waals surface area contributed by atoms with Gasteiger partial charge in [0, 0.05) is 0 Å². The molecule has 0 N–H and O–H groups in total. The standard InChI is InChI=1S/C20H36/c1-5-6-7-8-9-10-11-12-13-14-15-16-17-18-19-20(2,3)4/h6-7,9-10,12-13H,5,8,11,14-19H2,1-4H3/b7-6-,10-9-,13-12-. The van der Waals surface area contributed by atoms with Crippen molar-refractivity contribution in [3.8, 4) is 0 Å². The number of unbranched alkanes of at least 4 members (excludes halogenated alkanes) is 4. The maximum atomic E-state index is 2.34. The molecule has 0 aromatic heterocycles. The number of hydrogen-bond donors (Lipinski definition) is 0. The molecular weight excluding hydrogens is 240 g/mol. The predicted molar refractivity (Wildman–Crippen MR) is 94.1 cm³/mol. The van der Waals surface area contributed by atoms with E-state index in [2.05, 4.69) is 64.2 Å². The summed E-state index contributed by atoms with van der Waals surface area (Å²) in [7, 11) is 0. The molecule has 0 spiro atoms. The summed E-state index contributed by atoms with van der Waals surface area (Å²) in [6.45, 7) is 9.18. The lowest BCUT2D eigenvalue weighted by atomic mass is 9.89. The van der Waals surface area contributed by atoms with Crippen LogP contribution in [-0.4, -0.2) is 0 Å². The van der Waals surface area contributed by atoms with Crippen molar-refractivity contribution in [2.24, 2.45) is 5.41 Å². The second-order valence-corrected chi connectivity index (χ2v) is 6.81. The van der Waals surface area contributed by atoms with Crippen molar-refractivity contribution < 1.29 is 0 Å². The lowest BCUT2D eigenvalue weighted by molar-refractivity contribution is 0.357. The first kappa shape index (κ1) is 19.2. The Kier molecular flexibility index (Phi) is 12.7. The molecule has 0 saturated heterocycles. The van der Waals surface area contributed by atoms with E-state index in [1.165, 1.54) is 38.5 Å². The fourth-order valence-corrected chi connectivity index (χ4v) is 2.10. The van der Waals surface area contributed by atoms with Crippen molar-refractivity contribution in [2.75, 3.05) is 0 Å². The summed E-state index contributed by atoms with van der Waals surface area (Å²) in [6, 6.07) is 0. The van der Waals surface area contributed by atoms with E-state index in [1.807, 2.05) is 0 Å². The first-order chi connectivity index (χ1) is 9.56. The van der Waals surface area contributed by atoms with Crippen LogP contribution < -0.4 is 0 Å². The normalized spacial score (nSPS) is 13.2. The third kappa shape index (κ3) is 17.2. The highest BCUT2D eigenvalue weighted by Gasteiger charge is 2.08. The van der Waals surface area contributed by atoms with Gasteiger partial charge in [-0.1, -0.05) is 83.4 Å². The Labute approximate surface area is 128 Å². The second-order valence-electron chi connectivity index (χ2n) is 6.81. The van der Waals surface area contributed by atoms with E-state index in [0.717, 1.165) is 19.3 Å². The van der Waals surface area contributed by atoms with Crippen LogP contribution in [0.1, 0.15) is 85.5 Å². The van der Waals surface area contributed by atoms with Crippen LogP contribution in [0.2, 0.25) is 0 Å². The van der Waals surface area contributed by atoms with Gasteiger partial charge in [0.15, 0.2) is 0 Å². The van der Waals surface area contributed by atoms with Gasteiger partial charge in [0.1, 0.15) is 0 Å². The maximum absolute atomic E-state index is 2.34. The van der Waals surface area contributed by atoms with Gasteiger partial charge in [-0.05, 0) is 43.9 Å². The lowest BCUT2D eigenvalue weighted by Crippen LogP contribution is -2.03. The monoisotopic (exact) mass is 276 g/mol. The zero-order chi connectivity index (χ0) is 15.1. The third-order valence-electron chi connectivity index (χ3n) is 3.33. The summed E-state index contributed by atoms with van der Waals surface area (Å²) in [4.78, 5) is 0. The first-order valence-corrected chi connectivity index (χ1v) is 8.51. The third-order valence-corrected chi connectivity index (χ3v) is 3.33. The molecule has 0 fully saturated rings. The van der Waals surface area contributed by atoms with Crippen molar-refractivity contribution in [1.82, 2.24) is 0 Å². The van der Waals surface area contributed by atoms with Crippen molar-refractivity contribution >= 4 is 0 Å². The summed E-state index contributed by atoms with van der Waals surface area (Å²) in [5.41, 5.74) is 0.512. The van der Waals surface area contributed by atoms with E-state index in [0.29, 0.717) is 5.41 Å². The summed E-state index contributed by atoms with van der Waals surface area (Å²) in [6.07, 6.45) is 25.1. The van der Waals surface area contributed by atoms with Gasteiger partial charge in [-0.15, -0.1) is 0 Å². The Hall–Kier alpha value is -0.780. The minimum Gasteiger partial charge on any atom is -0.0885 e. The molecule has 0 heteroatoms. The van der Waals surface area contributed by atoms with Gasteiger partial charge in [0.25, 0.3) is 0 Å². The van der Waals surface area contributed by atoms with Crippen molar-refractivity contribution in [2.45, 2.75) is 85.5 Å². The second kappa shape index (κ2) is 13.2. The van der Waals surface area contributed by atoms with E-state index in [-0.39, 0.29) is 0 Å². The Morgan fingerprint density at radius 3 is 1.80 bits per heavy atom. The Morgan fingerprint density at radius 1 is 0.650 bits per heavy atom. The van der Waals surface area contributed by atoms with Crippen LogP contribution in [-0.2, 0) is 0 Å². The number of hydrogen-bond acceptors (Lipinski definition) is 0. The lowest BCUT2D eigenvalue weighted by Gasteiger charge is -2.17. The molecule has 20 heavy (non-hydrogen) atoms. The molecule has 0 aliphatic carbocycles. The molecule has 0 aliphatic rings. The fraction of sp³-hybridized carbons (Fsp3) is 0.700. The van der Waals surface area contributed by atoms with Crippen LogP contribution in [0.5, 0.6) is 0 Å². The Balaban J connectivity index is 3.30. The molecule has 0 aromatic carbocycles. The Morgan fingerprint density at radius 2 is 1.20 bits per heavy atom. The van der Waals surface area contributed by atoms with Gasteiger partial charge in [0.2, 0.25) is 0 Å². The maximum Gasteiger partial charge on any atom is -0.0169 e. The first-order valence-electron chi connectivity index (χ1n) is 8.51. The van der Waals surface area contributed by atoms with Crippen LogP contribution in [0.15, 0.2) is 36.5 Å². The SMILES string of the molecule is CC/C=C\C/C=C\C/C=C\CCCCCCC(C)(C)C. The van der Waals surface area contributed by atoms with Crippen molar-refractivity contribution in [1.29, 1.82) is 0 Å². The van der Waals surface area contributed by atoms with E-state index < -0.39 is 0 Å². The minimum absolute atomic E-state index is 0.512. The van der Waals surface area contributed by atoms with Crippen LogP contribution in [0.4, 0.5) is 0 Å². The summed E-state index contributed by atoms with van der Waals surface area (Å²) in [5.74, 6) is 0. The molecule has 0 unspecified atom stereocenters. The molecular formula is C20H36. The molecule has 0 nitrogen and oxygen atoms in total. The quantitative estimate of drug-likeness (QED) is 0.276. The minimum atomic E-state index is 0.512. The molecule has 0 radical (unpaired) electrons. The zero-order valence-electron chi connectivity index (χ0n) is 14.3.